The van der Waals surface area contributed by atoms with Gasteiger partial charge < -0.3 is 9.64 Å². The molecule has 1 unspecified atom stereocenters. The van der Waals surface area contributed by atoms with Crippen LogP contribution in [0.3, 0.4) is 0 Å². The number of hydrogen-bond donors (Lipinski definition) is 0. The van der Waals surface area contributed by atoms with E-state index in [1.54, 1.807) is 18.7 Å². The van der Waals surface area contributed by atoms with Crippen LogP contribution in [0.25, 0.3) is 0 Å². The standard InChI is InChI=1S/C18H22N4O2/c1-13-7-15(10-19-9-13)18(23)22-5-6-24-17(11-22)4-3-16-8-14(2)20-12-21-16/h7-10,12,17H,3-6,11H2,1-2H3. The summed E-state index contributed by atoms with van der Waals surface area (Å²) in [6, 6.07) is 3.87. The molecule has 1 amide bonds. The topological polar surface area (TPSA) is 68.2 Å². The summed E-state index contributed by atoms with van der Waals surface area (Å²) >= 11 is 0. The van der Waals surface area contributed by atoms with Crippen molar-refractivity contribution in [3.8, 4) is 0 Å². The van der Waals surface area contributed by atoms with Crippen LogP contribution in [0, 0.1) is 13.8 Å². The van der Waals surface area contributed by atoms with E-state index in [0.717, 1.165) is 29.8 Å². The molecule has 1 fully saturated rings. The van der Waals surface area contributed by atoms with Crippen molar-refractivity contribution in [1.29, 1.82) is 0 Å². The minimum atomic E-state index is 0.0254. The number of carbonyl (C=O) groups excluding carboxylic acids is 1. The van der Waals surface area contributed by atoms with Crippen LogP contribution in [0.1, 0.15) is 33.7 Å². The number of amides is 1. The van der Waals surface area contributed by atoms with Crippen LogP contribution < -0.4 is 0 Å². The number of morpholine rings is 1. The van der Waals surface area contributed by atoms with E-state index in [2.05, 4.69) is 15.0 Å². The van der Waals surface area contributed by atoms with Gasteiger partial charge in [0, 0.05) is 36.9 Å². The Bertz CT molecular complexity index is 720. The molecule has 2 aromatic rings. The highest BCUT2D eigenvalue weighted by atomic mass is 16.5. The van der Waals surface area contributed by atoms with E-state index in [1.165, 1.54) is 0 Å². The Morgan fingerprint density at radius 3 is 2.96 bits per heavy atom. The summed E-state index contributed by atoms with van der Waals surface area (Å²) in [5, 5.41) is 0. The summed E-state index contributed by atoms with van der Waals surface area (Å²) in [7, 11) is 0. The zero-order chi connectivity index (χ0) is 16.9. The molecule has 0 bridgehead atoms. The first-order valence-corrected chi connectivity index (χ1v) is 8.22. The number of carbonyl (C=O) groups is 1. The number of hydrogen-bond acceptors (Lipinski definition) is 5. The third kappa shape index (κ3) is 4.14. The van der Waals surface area contributed by atoms with E-state index < -0.39 is 0 Å². The summed E-state index contributed by atoms with van der Waals surface area (Å²) in [5.74, 6) is 0.0254. The SMILES string of the molecule is Cc1cncc(C(=O)N2CCOC(CCc3cc(C)ncn3)C2)c1. The Hall–Kier alpha value is -2.34. The predicted molar refractivity (Wildman–Crippen MR) is 89.7 cm³/mol. The monoisotopic (exact) mass is 326 g/mol. The van der Waals surface area contributed by atoms with Crippen LogP contribution >= 0.6 is 0 Å². The van der Waals surface area contributed by atoms with Crippen molar-refractivity contribution in [1.82, 2.24) is 19.9 Å². The summed E-state index contributed by atoms with van der Waals surface area (Å²) in [4.78, 5) is 27.0. The molecule has 0 radical (unpaired) electrons. The molecule has 6 nitrogen and oxygen atoms in total. The molecule has 1 saturated heterocycles. The molecular formula is C18H22N4O2. The average molecular weight is 326 g/mol. The lowest BCUT2D eigenvalue weighted by Gasteiger charge is -2.33. The second-order valence-electron chi connectivity index (χ2n) is 6.18. The predicted octanol–water partition coefficient (Wildman–Crippen LogP) is 1.96. The van der Waals surface area contributed by atoms with Crippen molar-refractivity contribution in [3.05, 3.63) is 53.4 Å². The maximum absolute atomic E-state index is 12.6. The first-order chi connectivity index (χ1) is 11.6. The van der Waals surface area contributed by atoms with Crippen molar-refractivity contribution < 1.29 is 9.53 Å². The summed E-state index contributed by atoms with van der Waals surface area (Å²) in [6.45, 7) is 5.69. The maximum atomic E-state index is 12.6. The quantitative estimate of drug-likeness (QED) is 0.859. The van der Waals surface area contributed by atoms with E-state index in [1.807, 2.05) is 30.9 Å². The van der Waals surface area contributed by atoms with Crippen LogP contribution in [-0.4, -0.2) is 51.6 Å². The molecule has 0 saturated carbocycles. The van der Waals surface area contributed by atoms with Crippen LogP contribution in [0.15, 0.2) is 30.9 Å². The maximum Gasteiger partial charge on any atom is 0.255 e. The van der Waals surface area contributed by atoms with E-state index in [9.17, 15) is 4.79 Å². The second-order valence-corrected chi connectivity index (χ2v) is 6.18. The summed E-state index contributed by atoms with van der Waals surface area (Å²) in [6.07, 6.45) is 6.67. The van der Waals surface area contributed by atoms with Crippen molar-refractivity contribution >= 4 is 5.91 Å². The average Bonchev–Trinajstić information content (AvgIpc) is 2.60. The minimum absolute atomic E-state index is 0.0254. The normalized spacial score (nSPS) is 17.8. The van der Waals surface area contributed by atoms with Gasteiger partial charge in [0.05, 0.1) is 18.3 Å². The number of ether oxygens (including phenoxy) is 1. The van der Waals surface area contributed by atoms with E-state index >= 15 is 0 Å². The lowest BCUT2D eigenvalue weighted by Crippen LogP contribution is -2.45. The zero-order valence-electron chi connectivity index (χ0n) is 14.1. The minimum Gasteiger partial charge on any atom is -0.375 e. The van der Waals surface area contributed by atoms with Gasteiger partial charge in [-0.05, 0) is 44.4 Å². The molecule has 3 rings (SSSR count). The molecule has 0 spiro atoms. The molecular weight excluding hydrogens is 304 g/mol. The number of pyridine rings is 1. The van der Waals surface area contributed by atoms with Gasteiger partial charge in [-0.1, -0.05) is 0 Å². The van der Waals surface area contributed by atoms with E-state index in [-0.39, 0.29) is 12.0 Å². The third-order valence-corrected chi connectivity index (χ3v) is 4.13. The fraction of sp³-hybridized carbons (Fsp3) is 0.444. The zero-order valence-corrected chi connectivity index (χ0v) is 14.1. The molecule has 1 aliphatic rings. The van der Waals surface area contributed by atoms with Crippen LogP contribution in [-0.2, 0) is 11.2 Å². The van der Waals surface area contributed by atoms with Gasteiger partial charge >= 0.3 is 0 Å². The second kappa shape index (κ2) is 7.49. The fourth-order valence-electron chi connectivity index (χ4n) is 2.89. The molecule has 1 atom stereocenters. The molecule has 0 aliphatic carbocycles. The Kier molecular flexibility index (Phi) is 5.15. The van der Waals surface area contributed by atoms with Crippen molar-refractivity contribution in [3.63, 3.8) is 0 Å². The highest BCUT2D eigenvalue weighted by Gasteiger charge is 2.25. The Morgan fingerprint density at radius 2 is 2.17 bits per heavy atom. The molecule has 24 heavy (non-hydrogen) atoms. The van der Waals surface area contributed by atoms with Gasteiger partial charge in [-0.2, -0.15) is 0 Å². The van der Waals surface area contributed by atoms with Gasteiger partial charge in [-0.25, -0.2) is 9.97 Å². The first-order valence-electron chi connectivity index (χ1n) is 8.22. The van der Waals surface area contributed by atoms with Crippen molar-refractivity contribution in [2.75, 3.05) is 19.7 Å². The van der Waals surface area contributed by atoms with Crippen LogP contribution in [0.5, 0.6) is 0 Å². The highest BCUT2D eigenvalue weighted by molar-refractivity contribution is 5.94. The van der Waals surface area contributed by atoms with Gasteiger partial charge in [-0.15, -0.1) is 0 Å². The van der Waals surface area contributed by atoms with E-state index in [4.69, 9.17) is 4.74 Å². The third-order valence-electron chi connectivity index (χ3n) is 4.13. The van der Waals surface area contributed by atoms with Crippen molar-refractivity contribution in [2.45, 2.75) is 32.8 Å². The van der Waals surface area contributed by atoms with Gasteiger partial charge in [-0.3, -0.25) is 9.78 Å². The molecule has 0 N–H and O–H groups in total. The number of aromatic nitrogens is 3. The molecule has 1 aliphatic heterocycles. The summed E-state index contributed by atoms with van der Waals surface area (Å²) < 4.78 is 5.82. The number of aryl methyl sites for hydroxylation is 3. The fourth-order valence-corrected chi connectivity index (χ4v) is 2.89. The molecule has 126 valence electrons. The Labute approximate surface area is 141 Å². The lowest BCUT2D eigenvalue weighted by atomic mass is 10.1. The Balaban J connectivity index is 1.59. The summed E-state index contributed by atoms with van der Waals surface area (Å²) in [5.41, 5.74) is 3.61. The van der Waals surface area contributed by atoms with Gasteiger partial charge in [0.15, 0.2) is 0 Å². The molecule has 6 heteroatoms. The number of rotatable bonds is 4. The Morgan fingerprint density at radius 1 is 1.29 bits per heavy atom. The molecule has 2 aromatic heterocycles. The highest BCUT2D eigenvalue weighted by Crippen LogP contribution is 2.15. The first kappa shape index (κ1) is 16.5. The largest absolute Gasteiger partial charge is 0.375 e. The van der Waals surface area contributed by atoms with Gasteiger partial charge in [0.25, 0.3) is 5.91 Å². The van der Waals surface area contributed by atoms with E-state index in [0.29, 0.717) is 25.3 Å². The van der Waals surface area contributed by atoms with Crippen molar-refractivity contribution in [2.24, 2.45) is 0 Å². The van der Waals surface area contributed by atoms with Gasteiger partial charge in [0.2, 0.25) is 0 Å². The van der Waals surface area contributed by atoms with Crippen LogP contribution in [0.2, 0.25) is 0 Å². The van der Waals surface area contributed by atoms with Crippen LogP contribution in [0.4, 0.5) is 0 Å². The smallest absolute Gasteiger partial charge is 0.255 e. The molecule has 0 aromatic carbocycles. The van der Waals surface area contributed by atoms with Gasteiger partial charge in [0.1, 0.15) is 6.33 Å². The number of nitrogens with zero attached hydrogens (tertiary/aromatic N) is 4. The lowest BCUT2D eigenvalue weighted by molar-refractivity contribution is -0.0247. The molecule has 3 heterocycles.